The molecule has 1 heterocycles. The van der Waals surface area contributed by atoms with Crippen molar-refractivity contribution in [3.8, 4) is 0 Å². The third-order valence-electron chi connectivity index (χ3n) is 5.63. The van der Waals surface area contributed by atoms with Gasteiger partial charge in [-0.05, 0) is 59.3 Å². The molecule has 0 bridgehead atoms. The lowest BCUT2D eigenvalue weighted by Crippen LogP contribution is -2.09. The van der Waals surface area contributed by atoms with Crippen LogP contribution in [0.1, 0.15) is 0 Å². The molecule has 5 aromatic carbocycles. The van der Waals surface area contributed by atoms with Crippen LogP contribution in [-0.2, 0) is 0 Å². The molecule has 0 saturated carbocycles. The second-order valence-electron chi connectivity index (χ2n) is 7.45. The van der Waals surface area contributed by atoms with Crippen LogP contribution in [0.15, 0.2) is 120 Å². The quantitative estimate of drug-likeness (QED) is 0.305. The monoisotopic (exact) mass is 385 g/mol. The SMILES string of the molecule is c1ccc(N(c2ccccc2)c2ccc3ccc4oc5ccccc5c4c3c2)cc1. The zero-order chi connectivity index (χ0) is 19.9. The first-order valence-corrected chi connectivity index (χ1v) is 10.1. The van der Waals surface area contributed by atoms with E-state index in [1.54, 1.807) is 0 Å². The van der Waals surface area contributed by atoms with Gasteiger partial charge in [0.05, 0.1) is 0 Å². The fourth-order valence-corrected chi connectivity index (χ4v) is 4.27. The van der Waals surface area contributed by atoms with E-state index < -0.39 is 0 Å². The van der Waals surface area contributed by atoms with E-state index in [0.29, 0.717) is 0 Å². The maximum Gasteiger partial charge on any atom is 0.136 e. The Kier molecular flexibility index (Phi) is 3.82. The van der Waals surface area contributed by atoms with E-state index in [1.165, 1.54) is 16.2 Å². The van der Waals surface area contributed by atoms with Crippen molar-refractivity contribution < 1.29 is 4.42 Å². The molecule has 2 nitrogen and oxygen atoms in total. The first-order chi connectivity index (χ1) is 14.9. The van der Waals surface area contributed by atoms with Gasteiger partial charge in [-0.2, -0.15) is 0 Å². The van der Waals surface area contributed by atoms with Gasteiger partial charge in [0.15, 0.2) is 0 Å². The molecular weight excluding hydrogens is 366 g/mol. The highest BCUT2D eigenvalue weighted by atomic mass is 16.3. The number of furan rings is 1. The van der Waals surface area contributed by atoms with E-state index in [-0.39, 0.29) is 0 Å². The summed E-state index contributed by atoms with van der Waals surface area (Å²) >= 11 is 0. The van der Waals surface area contributed by atoms with Crippen LogP contribution < -0.4 is 4.90 Å². The Morgan fingerprint density at radius 2 is 1.10 bits per heavy atom. The molecule has 0 saturated heterocycles. The summed E-state index contributed by atoms with van der Waals surface area (Å²) in [5.74, 6) is 0. The van der Waals surface area contributed by atoms with E-state index >= 15 is 0 Å². The van der Waals surface area contributed by atoms with Crippen LogP contribution in [0.4, 0.5) is 17.1 Å². The van der Waals surface area contributed by atoms with Gasteiger partial charge in [-0.25, -0.2) is 0 Å². The lowest BCUT2D eigenvalue weighted by Gasteiger charge is -2.25. The number of para-hydroxylation sites is 3. The average Bonchev–Trinajstić information content (AvgIpc) is 3.20. The average molecular weight is 385 g/mol. The van der Waals surface area contributed by atoms with Crippen LogP contribution in [0.3, 0.4) is 0 Å². The van der Waals surface area contributed by atoms with Crippen molar-refractivity contribution in [1.82, 2.24) is 0 Å². The standard InChI is InChI=1S/C28H19NO/c1-3-9-21(10-4-1)29(22-11-5-2-6-12-22)23-17-15-20-16-18-27-28(25(20)19-23)24-13-7-8-14-26(24)30-27/h1-19H. The Bertz CT molecular complexity index is 1440. The molecule has 142 valence electrons. The van der Waals surface area contributed by atoms with Gasteiger partial charge >= 0.3 is 0 Å². The van der Waals surface area contributed by atoms with Crippen LogP contribution in [0.25, 0.3) is 32.7 Å². The van der Waals surface area contributed by atoms with E-state index in [1.807, 2.05) is 24.3 Å². The molecule has 0 aliphatic heterocycles. The van der Waals surface area contributed by atoms with E-state index in [2.05, 4.69) is 95.9 Å². The summed E-state index contributed by atoms with van der Waals surface area (Å²) < 4.78 is 6.12. The minimum Gasteiger partial charge on any atom is -0.456 e. The predicted octanol–water partition coefficient (Wildman–Crippen LogP) is 8.21. The fraction of sp³-hybridized carbons (Fsp3) is 0. The number of benzene rings is 5. The zero-order valence-corrected chi connectivity index (χ0v) is 16.3. The van der Waals surface area contributed by atoms with Crippen molar-refractivity contribution in [2.24, 2.45) is 0 Å². The minimum atomic E-state index is 0.923. The second kappa shape index (κ2) is 6.78. The third-order valence-corrected chi connectivity index (χ3v) is 5.63. The van der Waals surface area contributed by atoms with Gasteiger partial charge in [-0.3, -0.25) is 0 Å². The van der Waals surface area contributed by atoms with Crippen LogP contribution in [0, 0.1) is 0 Å². The number of fused-ring (bicyclic) bond motifs is 5. The Morgan fingerprint density at radius 3 is 1.83 bits per heavy atom. The molecular formula is C28H19NO. The van der Waals surface area contributed by atoms with Crippen molar-refractivity contribution in [3.63, 3.8) is 0 Å². The lowest BCUT2D eigenvalue weighted by atomic mass is 10.0. The summed E-state index contributed by atoms with van der Waals surface area (Å²) in [6.07, 6.45) is 0. The van der Waals surface area contributed by atoms with Gasteiger partial charge in [0, 0.05) is 27.8 Å². The highest BCUT2D eigenvalue weighted by Gasteiger charge is 2.15. The smallest absolute Gasteiger partial charge is 0.136 e. The first kappa shape index (κ1) is 16.9. The molecule has 0 spiro atoms. The summed E-state index contributed by atoms with van der Waals surface area (Å²) in [6, 6.07) is 40.1. The van der Waals surface area contributed by atoms with Gasteiger partial charge in [-0.15, -0.1) is 0 Å². The van der Waals surface area contributed by atoms with E-state index in [4.69, 9.17) is 4.42 Å². The molecule has 0 unspecified atom stereocenters. The molecule has 0 atom stereocenters. The molecule has 0 aliphatic carbocycles. The summed E-state index contributed by atoms with van der Waals surface area (Å²) in [5, 5.41) is 4.73. The molecule has 6 aromatic rings. The van der Waals surface area contributed by atoms with Crippen LogP contribution in [-0.4, -0.2) is 0 Å². The second-order valence-corrected chi connectivity index (χ2v) is 7.45. The summed E-state index contributed by atoms with van der Waals surface area (Å²) in [4.78, 5) is 2.29. The van der Waals surface area contributed by atoms with Crippen molar-refractivity contribution in [3.05, 3.63) is 115 Å². The first-order valence-electron chi connectivity index (χ1n) is 10.1. The number of anilines is 3. The van der Waals surface area contributed by atoms with Crippen LogP contribution in [0.2, 0.25) is 0 Å². The largest absolute Gasteiger partial charge is 0.456 e. The maximum atomic E-state index is 6.12. The van der Waals surface area contributed by atoms with Crippen molar-refractivity contribution >= 4 is 49.8 Å². The summed E-state index contributed by atoms with van der Waals surface area (Å²) in [6.45, 7) is 0. The Balaban J connectivity index is 1.65. The number of rotatable bonds is 3. The molecule has 0 aliphatic rings. The van der Waals surface area contributed by atoms with Gasteiger partial charge in [-0.1, -0.05) is 66.7 Å². The van der Waals surface area contributed by atoms with Crippen LogP contribution in [0.5, 0.6) is 0 Å². The topological polar surface area (TPSA) is 16.4 Å². The predicted molar refractivity (Wildman–Crippen MR) is 126 cm³/mol. The minimum absolute atomic E-state index is 0.923. The summed E-state index contributed by atoms with van der Waals surface area (Å²) in [5.41, 5.74) is 5.23. The molecule has 1 aromatic heterocycles. The highest BCUT2D eigenvalue weighted by molar-refractivity contribution is 6.19. The maximum absolute atomic E-state index is 6.12. The van der Waals surface area contributed by atoms with Gasteiger partial charge in [0.25, 0.3) is 0 Å². The van der Waals surface area contributed by atoms with Crippen molar-refractivity contribution in [2.75, 3.05) is 4.90 Å². The normalized spacial score (nSPS) is 11.3. The van der Waals surface area contributed by atoms with Gasteiger partial charge in [0.2, 0.25) is 0 Å². The number of hydrogen-bond acceptors (Lipinski definition) is 2. The highest BCUT2D eigenvalue weighted by Crippen LogP contribution is 2.39. The third kappa shape index (κ3) is 2.66. The lowest BCUT2D eigenvalue weighted by molar-refractivity contribution is 0.669. The molecule has 0 radical (unpaired) electrons. The fourth-order valence-electron chi connectivity index (χ4n) is 4.27. The Labute approximate surface area is 174 Å². The Hall–Kier alpha value is -4.04. The Morgan fingerprint density at radius 1 is 0.467 bits per heavy atom. The summed E-state index contributed by atoms with van der Waals surface area (Å²) in [7, 11) is 0. The van der Waals surface area contributed by atoms with Gasteiger partial charge < -0.3 is 9.32 Å². The van der Waals surface area contributed by atoms with Crippen LogP contribution >= 0.6 is 0 Å². The molecule has 0 N–H and O–H groups in total. The zero-order valence-electron chi connectivity index (χ0n) is 16.3. The van der Waals surface area contributed by atoms with Crippen molar-refractivity contribution in [1.29, 1.82) is 0 Å². The molecule has 30 heavy (non-hydrogen) atoms. The molecule has 6 rings (SSSR count). The van der Waals surface area contributed by atoms with E-state index in [0.717, 1.165) is 33.6 Å². The van der Waals surface area contributed by atoms with Gasteiger partial charge in [0.1, 0.15) is 11.2 Å². The number of hydrogen-bond donors (Lipinski definition) is 0. The number of nitrogens with zero attached hydrogens (tertiary/aromatic N) is 1. The molecule has 0 fully saturated rings. The molecule has 0 amide bonds. The van der Waals surface area contributed by atoms with Crippen molar-refractivity contribution in [2.45, 2.75) is 0 Å². The molecule has 2 heteroatoms. The van der Waals surface area contributed by atoms with E-state index in [9.17, 15) is 0 Å².